The summed E-state index contributed by atoms with van der Waals surface area (Å²) in [5.41, 5.74) is -0.0150. The van der Waals surface area contributed by atoms with Crippen molar-refractivity contribution in [3.8, 4) is 6.07 Å². The van der Waals surface area contributed by atoms with Crippen molar-refractivity contribution in [2.75, 3.05) is 13.1 Å². The lowest BCUT2D eigenvalue weighted by Crippen LogP contribution is -2.49. The fourth-order valence-corrected chi connectivity index (χ4v) is 3.27. The quantitative estimate of drug-likeness (QED) is 0.689. The maximum atomic E-state index is 12.0. The number of allylic oxidation sites excluding steroid dienone is 2. The third-order valence-electron chi connectivity index (χ3n) is 4.31. The first-order valence-corrected chi connectivity index (χ1v) is 7.38. The van der Waals surface area contributed by atoms with E-state index in [-0.39, 0.29) is 6.09 Å². The van der Waals surface area contributed by atoms with Crippen molar-refractivity contribution < 1.29 is 9.53 Å². The molecule has 0 aromatic heterocycles. The fraction of sp³-hybridized carbons (Fsp3) is 0.750. The summed E-state index contributed by atoms with van der Waals surface area (Å²) in [4.78, 5) is 13.8. The largest absolute Gasteiger partial charge is 0.444 e. The molecule has 0 N–H and O–H groups in total. The number of likely N-dealkylation sites (tertiary alicyclic amines) is 1. The van der Waals surface area contributed by atoms with Gasteiger partial charge in [0.25, 0.3) is 0 Å². The van der Waals surface area contributed by atoms with Crippen LogP contribution in [0.25, 0.3) is 0 Å². The molecule has 4 heteroatoms. The first kappa shape index (κ1) is 14.9. The molecule has 0 bridgehead atoms. The predicted octanol–water partition coefficient (Wildman–Crippen LogP) is 3.49. The molecule has 4 nitrogen and oxygen atoms in total. The van der Waals surface area contributed by atoms with Crippen LogP contribution in [0.2, 0.25) is 0 Å². The van der Waals surface area contributed by atoms with Crippen LogP contribution in [0, 0.1) is 22.7 Å². The van der Waals surface area contributed by atoms with E-state index in [4.69, 9.17) is 10.00 Å². The minimum atomic E-state index is -0.421. The summed E-state index contributed by atoms with van der Waals surface area (Å²) >= 11 is 0. The van der Waals surface area contributed by atoms with Crippen molar-refractivity contribution in [2.45, 2.75) is 52.1 Å². The van der Waals surface area contributed by atoms with E-state index in [1.165, 1.54) is 0 Å². The Morgan fingerprint density at radius 1 is 1.35 bits per heavy atom. The predicted molar refractivity (Wildman–Crippen MR) is 77.0 cm³/mol. The molecule has 0 radical (unpaired) electrons. The average molecular weight is 276 g/mol. The zero-order valence-corrected chi connectivity index (χ0v) is 12.7. The molecule has 1 saturated carbocycles. The third kappa shape index (κ3) is 3.53. The topological polar surface area (TPSA) is 53.3 Å². The minimum absolute atomic E-state index is 0.187. The van der Waals surface area contributed by atoms with Crippen LogP contribution in [-0.4, -0.2) is 29.7 Å². The highest BCUT2D eigenvalue weighted by Gasteiger charge is 2.45. The van der Waals surface area contributed by atoms with Gasteiger partial charge in [-0.3, -0.25) is 0 Å². The number of carbonyl (C=O) groups is 1. The van der Waals surface area contributed by atoms with Crippen LogP contribution in [0.1, 0.15) is 46.5 Å². The van der Waals surface area contributed by atoms with E-state index in [0.717, 1.165) is 38.8 Å². The van der Waals surface area contributed by atoms with E-state index < -0.39 is 5.60 Å². The number of amides is 1. The summed E-state index contributed by atoms with van der Waals surface area (Å²) in [7, 11) is 0. The molecule has 2 aliphatic rings. The molecular weight excluding hydrogens is 252 g/mol. The summed E-state index contributed by atoms with van der Waals surface area (Å²) in [6, 6.07) is 2.05. The first-order valence-electron chi connectivity index (χ1n) is 7.38. The van der Waals surface area contributed by atoms with Gasteiger partial charge in [-0.05, 0) is 57.8 Å². The monoisotopic (exact) mass is 276 g/mol. The minimum Gasteiger partial charge on any atom is -0.444 e. The van der Waals surface area contributed by atoms with E-state index in [0.29, 0.717) is 11.3 Å². The Kier molecular flexibility index (Phi) is 4.08. The van der Waals surface area contributed by atoms with Crippen molar-refractivity contribution >= 4 is 6.09 Å². The second kappa shape index (κ2) is 5.47. The number of hydrogen-bond acceptors (Lipinski definition) is 3. The van der Waals surface area contributed by atoms with E-state index >= 15 is 0 Å². The van der Waals surface area contributed by atoms with E-state index in [2.05, 4.69) is 6.07 Å². The molecule has 110 valence electrons. The van der Waals surface area contributed by atoms with Crippen LogP contribution in [0.3, 0.4) is 0 Å². The molecule has 20 heavy (non-hydrogen) atoms. The maximum Gasteiger partial charge on any atom is 0.410 e. The number of piperidine rings is 1. The molecule has 1 saturated heterocycles. The molecule has 0 atom stereocenters. The van der Waals surface area contributed by atoms with Gasteiger partial charge in [-0.1, -0.05) is 6.08 Å². The second-order valence-corrected chi connectivity index (χ2v) is 7.12. The molecule has 1 heterocycles. The molecular formula is C16H24N2O2. The summed E-state index contributed by atoms with van der Waals surface area (Å²) in [5, 5.41) is 8.53. The Morgan fingerprint density at radius 3 is 2.45 bits per heavy atom. The lowest BCUT2D eigenvalue weighted by Gasteiger charge is -2.51. The summed E-state index contributed by atoms with van der Waals surface area (Å²) in [6.45, 7) is 7.28. The Bertz CT molecular complexity index is 426. The number of carbonyl (C=O) groups excluding carboxylic acids is 1. The van der Waals surface area contributed by atoms with Gasteiger partial charge in [0, 0.05) is 19.2 Å². The van der Waals surface area contributed by atoms with Crippen LogP contribution in [0.4, 0.5) is 4.79 Å². The van der Waals surface area contributed by atoms with Crippen molar-refractivity contribution in [1.82, 2.24) is 4.90 Å². The van der Waals surface area contributed by atoms with Crippen molar-refractivity contribution in [2.24, 2.45) is 11.3 Å². The molecule has 1 aliphatic carbocycles. The van der Waals surface area contributed by atoms with Gasteiger partial charge in [0.15, 0.2) is 0 Å². The SMILES string of the molecule is CC(C)(C)OC(=O)N1CCC2(CC1)CC(C=CC#N)C2. The van der Waals surface area contributed by atoms with Gasteiger partial charge in [0.1, 0.15) is 5.60 Å². The summed E-state index contributed by atoms with van der Waals surface area (Å²) < 4.78 is 5.41. The highest BCUT2D eigenvalue weighted by Crippen LogP contribution is 2.53. The number of hydrogen-bond donors (Lipinski definition) is 0. The first-order chi connectivity index (χ1) is 9.34. The summed E-state index contributed by atoms with van der Waals surface area (Å²) in [6.07, 6.45) is 7.86. The van der Waals surface area contributed by atoms with Crippen molar-refractivity contribution in [1.29, 1.82) is 5.26 Å². The normalized spacial score (nSPS) is 22.6. The molecule has 0 aromatic rings. The van der Waals surface area contributed by atoms with Gasteiger partial charge < -0.3 is 9.64 Å². The fourth-order valence-electron chi connectivity index (χ4n) is 3.27. The van der Waals surface area contributed by atoms with Gasteiger partial charge in [0.2, 0.25) is 0 Å². The third-order valence-corrected chi connectivity index (χ3v) is 4.31. The van der Waals surface area contributed by atoms with E-state index in [1.54, 1.807) is 6.08 Å². The van der Waals surface area contributed by atoms with Crippen LogP contribution in [0.5, 0.6) is 0 Å². The number of ether oxygens (including phenoxy) is 1. The zero-order valence-electron chi connectivity index (χ0n) is 12.7. The van der Waals surface area contributed by atoms with Crippen LogP contribution < -0.4 is 0 Å². The Morgan fingerprint density at radius 2 is 1.95 bits per heavy atom. The highest BCUT2D eigenvalue weighted by molar-refractivity contribution is 5.68. The average Bonchev–Trinajstić information content (AvgIpc) is 2.32. The molecule has 2 fully saturated rings. The van der Waals surface area contributed by atoms with Gasteiger partial charge >= 0.3 is 6.09 Å². The Hall–Kier alpha value is -1.50. The summed E-state index contributed by atoms with van der Waals surface area (Å²) in [5.74, 6) is 0.558. The van der Waals surface area contributed by atoms with E-state index in [9.17, 15) is 4.79 Å². The van der Waals surface area contributed by atoms with Gasteiger partial charge in [-0.2, -0.15) is 5.26 Å². The molecule has 1 aliphatic heterocycles. The van der Waals surface area contributed by atoms with Crippen LogP contribution >= 0.6 is 0 Å². The van der Waals surface area contributed by atoms with Crippen LogP contribution in [0.15, 0.2) is 12.2 Å². The Labute approximate surface area is 121 Å². The number of rotatable bonds is 1. The lowest BCUT2D eigenvalue weighted by atomic mass is 9.57. The maximum absolute atomic E-state index is 12.0. The number of nitriles is 1. The van der Waals surface area contributed by atoms with E-state index in [1.807, 2.05) is 31.7 Å². The zero-order chi connectivity index (χ0) is 14.8. The van der Waals surface area contributed by atoms with Crippen molar-refractivity contribution in [3.63, 3.8) is 0 Å². The highest BCUT2D eigenvalue weighted by atomic mass is 16.6. The standard InChI is InChI=1S/C16H24N2O2/c1-15(2,3)20-14(19)18-9-6-16(7-10-18)11-13(12-16)5-4-8-17/h4-5,13H,6-7,9-12H2,1-3H3. The Balaban J connectivity index is 1.78. The van der Waals surface area contributed by atoms with Gasteiger partial charge in [0.05, 0.1) is 6.07 Å². The van der Waals surface area contributed by atoms with Crippen LogP contribution in [-0.2, 0) is 4.74 Å². The van der Waals surface area contributed by atoms with Gasteiger partial charge in [-0.15, -0.1) is 0 Å². The smallest absolute Gasteiger partial charge is 0.410 e. The second-order valence-electron chi connectivity index (χ2n) is 7.12. The molecule has 0 unspecified atom stereocenters. The number of nitrogens with zero attached hydrogens (tertiary/aromatic N) is 2. The van der Waals surface area contributed by atoms with Crippen molar-refractivity contribution in [3.05, 3.63) is 12.2 Å². The van der Waals surface area contributed by atoms with Gasteiger partial charge in [-0.25, -0.2) is 4.79 Å². The lowest BCUT2D eigenvalue weighted by molar-refractivity contribution is -0.0173. The molecule has 1 spiro atoms. The molecule has 0 aromatic carbocycles. The molecule has 2 rings (SSSR count). The molecule has 1 amide bonds.